The quantitative estimate of drug-likeness (QED) is 0.851. The van der Waals surface area contributed by atoms with Gasteiger partial charge in [0.05, 0.1) is 6.07 Å². The van der Waals surface area contributed by atoms with Crippen molar-refractivity contribution in [1.29, 1.82) is 5.26 Å². The van der Waals surface area contributed by atoms with Crippen LogP contribution < -0.4 is 5.32 Å². The number of piperidine rings is 1. The second-order valence-electron chi connectivity index (χ2n) is 7.11. The Morgan fingerprint density at radius 2 is 2.05 bits per heavy atom. The van der Waals surface area contributed by atoms with E-state index in [1.165, 1.54) is 25.8 Å². The van der Waals surface area contributed by atoms with Gasteiger partial charge in [0.2, 0.25) is 0 Å². The van der Waals surface area contributed by atoms with Crippen LogP contribution in [0, 0.1) is 17.2 Å². The Morgan fingerprint density at radius 1 is 1.32 bits per heavy atom. The Balaban J connectivity index is 1.99. The summed E-state index contributed by atoms with van der Waals surface area (Å²) in [5.41, 5.74) is -0.276. The van der Waals surface area contributed by atoms with Crippen molar-refractivity contribution in [3.63, 3.8) is 0 Å². The lowest BCUT2D eigenvalue weighted by Crippen LogP contribution is -2.49. The molecule has 3 nitrogen and oxygen atoms in total. The van der Waals surface area contributed by atoms with Gasteiger partial charge in [-0.2, -0.15) is 5.26 Å². The zero-order valence-electron chi connectivity index (χ0n) is 12.9. The minimum absolute atomic E-state index is 0.276. The zero-order valence-corrected chi connectivity index (χ0v) is 12.9. The van der Waals surface area contributed by atoms with Crippen molar-refractivity contribution in [2.45, 2.75) is 83.5 Å². The van der Waals surface area contributed by atoms with Gasteiger partial charge < -0.3 is 0 Å². The smallest absolute Gasteiger partial charge is 0.108 e. The largest absolute Gasteiger partial charge is 0.298 e. The molecule has 1 saturated heterocycles. The van der Waals surface area contributed by atoms with E-state index in [2.05, 4.69) is 44.0 Å². The second kappa shape index (κ2) is 5.81. The van der Waals surface area contributed by atoms with Crippen molar-refractivity contribution in [3.05, 3.63) is 0 Å². The third-order valence-corrected chi connectivity index (χ3v) is 4.93. The number of rotatable bonds is 3. The van der Waals surface area contributed by atoms with Gasteiger partial charge in [-0.15, -0.1) is 0 Å². The maximum absolute atomic E-state index is 9.56. The molecule has 3 heteroatoms. The highest BCUT2D eigenvalue weighted by molar-refractivity contribution is 5.14. The van der Waals surface area contributed by atoms with E-state index in [0.717, 1.165) is 18.8 Å². The summed E-state index contributed by atoms with van der Waals surface area (Å²) in [4.78, 5) is 2.67. The molecule has 0 radical (unpaired) electrons. The molecule has 1 heterocycles. The summed E-state index contributed by atoms with van der Waals surface area (Å²) >= 11 is 0. The fraction of sp³-hybridized carbons (Fsp3) is 0.938. The number of nitrogens with one attached hydrogen (secondary N) is 1. The van der Waals surface area contributed by atoms with Crippen LogP contribution >= 0.6 is 0 Å². The van der Waals surface area contributed by atoms with Gasteiger partial charge in [-0.1, -0.05) is 6.92 Å². The highest BCUT2D eigenvalue weighted by Crippen LogP contribution is 2.36. The Kier molecular flexibility index (Phi) is 4.53. The molecule has 108 valence electrons. The molecule has 4 atom stereocenters. The third kappa shape index (κ3) is 3.30. The molecular weight excluding hydrogens is 234 g/mol. The van der Waals surface area contributed by atoms with Crippen LogP contribution in [0.25, 0.3) is 0 Å². The molecule has 2 fully saturated rings. The van der Waals surface area contributed by atoms with Gasteiger partial charge in [-0.3, -0.25) is 10.2 Å². The van der Waals surface area contributed by atoms with Gasteiger partial charge in [0.1, 0.15) is 5.54 Å². The molecule has 0 aromatic rings. The molecule has 0 aromatic heterocycles. The van der Waals surface area contributed by atoms with Gasteiger partial charge in [0.15, 0.2) is 0 Å². The van der Waals surface area contributed by atoms with Crippen molar-refractivity contribution in [1.82, 2.24) is 10.2 Å². The molecule has 19 heavy (non-hydrogen) atoms. The molecular formula is C16H29N3. The van der Waals surface area contributed by atoms with Gasteiger partial charge >= 0.3 is 0 Å². The Labute approximate surface area is 118 Å². The highest BCUT2D eigenvalue weighted by atomic mass is 15.2. The van der Waals surface area contributed by atoms with Gasteiger partial charge in [0.25, 0.3) is 0 Å². The zero-order chi connectivity index (χ0) is 14.0. The van der Waals surface area contributed by atoms with Crippen LogP contribution in [0.4, 0.5) is 0 Å². The molecule has 0 spiro atoms. The topological polar surface area (TPSA) is 39.1 Å². The molecule has 1 N–H and O–H groups in total. The van der Waals surface area contributed by atoms with Crippen molar-refractivity contribution in [2.75, 3.05) is 6.54 Å². The Morgan fingerprint density at radius 3 is 2.63 bits per heavy atom. The van der Waals surface area contributed by atoms with Gasteiger partial charge in [0, 0.05) is 18.1 Å². The van der Waals surface area contributed by atoms with Crippen molar-refractivity contribution in [2.24, 2.45) is 5.92 Å². The SMILES string of the molecule is CC1CCN(C2CCC(C#N)(NC(C)C)C2)C(C)C1. The molecule has 0 amide bonds. The van der Waals surface area contributed by atoms with E-state index in [9.17, 15) is 5.26 Å². The molecule has 1 aliphatic heterocycles. The maximum atomic E-state index is 9.56. The number of nitrogens with zero attached hydrogens (tertiary/aromatic N) is 2. The summed E-state index contributed by atoms with van der Waals surface area (Å²) in [7, 11) is 0. The minimum Gasteiger partial charge on any atom is -0.298 e. The molecule has 0 aromatic carbocycles. The van der Waals surface area contributed by atoms with Crippen molar-refractivity contribution in [3.8, 4) is 6.07 Å². The van der Waals surface area contributed by atoms with Crippen LogP contribution in [0.2, 0.25) is 0 Å². The van der Waals surface area contributed by atoms with E-state index in [-0.39, 0.29) is 5.54 Å². The van der Waals surface area contributed by atoms with Crippen LogP contribution in [-0.2, 0) is 0 Å². The first-order valence-electron chi connectivity index (χ1n) is 7.90. The molecule has 4 unspecified atom stereocenters. The first-order chi connectivity index (χ1) is 8.96. The van der Waals surface area contributed by atoms with Crippen LogP contribution in [0.3, 0.4) is 0 Å². The van der Waals surface area contributed by atoms with Gasteiger partial charge in [-0.25, -0.2) is 0 Å². The lowest BCUT2D eigenvalue weighted by Gasteiger charge is -2.41. The predicted octanol–water partition coefficient (Wildman–Crippen LogP) is 2.92. The number of hydrogen-bond donors (Lipinski definition) is 1. The standard InChI is InChI=1S/C16H29N3/c1-12(2)18-16(11-17)7-5-15(10-16)19-8-6-13(3)9-14(19)4/h12-15,18H,5-10H2,1-4H3. The lowest BCUT2D eigenvalue weighted by molar-refractivity contribution is 0.0814. The van der Waals surface area contributed by atoms with E-state index in [1.54, 1.807) is 0 Å². The summed E-state index contributed by atoms with van der Waals surface area (Å²) in [5.74, 6) is 0.863. The summed E-state index contributed by atoms with van der Waals surface area (Å²) < 4.78 is 0. The number of likely N-dealkylation sites (tertiary alicyclic amines) is 1. The van der Waals surface area contributed by atoms with E-state index < -0.39 is 0 Å². The summed E-state index contributed by atoms with van der Waals surface area (Å²) in [6, 6.07) is 4.24. The van der Waals surface area contributed by atoms with E-state index in [1.807, 2.05) is 0 Å². The fourth-order valence-corrected chi connectivity index (χ4v) is 4.09. The van der Waals surface area contributed by atoms with Crippen LogP contribution in [0.1, 0.15) is 59.8 Å². The average Bonchev–Trinajstić information content (AvgIpc) is 2.73. The summed E-state index contributed by atoms with van der Waals surface area (Å²) in [5, 5.41) is 13.1. The number of nitriles is 1. The van der Waals surface area contributed by atoms with Gasteiger partial charge in [-0.05, 0) is 65.3 Å². The van der Waals surface area contributed by atoms with Crippen molar-refractivity contribution >= 4 is 0 Å². The second-order valence-corrected chi connectivity index (χ2v) is 7.11. The van der Waals surface area contributed by atoms with E-state index in [0.29, 0.717) is 18.1 Å². The summed E-state index contributed by atoms with van der Waals surface area (Å²) in [6.45, 7) is 10.2. The summed E-state index contributed by atoms with van der Waals surface area (Å²) in [6.07, 6.45) is 5.81. The highest BCUT2D eigenvalue weighted by Gasteiger charge is 2.43. The van der Waals surface area contributed by atoms with Crippen LogP contribution in [0.5, 0.6) is 0 Å². The molecule has 0 bridgehead atoms. The van der Waals surface area contributed by atoms with E-state index in [4.69, 9.17) is 0 Å². The Bertz CT molecular complexity index is 346. The predicted molar refractivity (Wildman–Crippen MR) is 78.8 cm³/mol. The monoisotopic (exact) mass is 263 g/mol. The maximum Gasteiger partial charge on any atom is 0.108 e. The average molecular weight is 263 g/mol. The molecule has 1 aliphatic carbocycles. The van der Waals surface area contributed by atoms with Crippen LogP contribution in [0.15, 0.2) is 0 Å². The van der Waals surface area contributed by atoms with E-state index >= 15 is 0 Å². The normalized spacial score (nSPS) is 40.5. The van der Waals surface area contributed by atoms with Crippen LogP contribution in [-0.4, -0.2) is 35.1 Å². The van der Waals surface area contributed by atoms with Crippen molar-refractivity contribution < 1.29 is 0 Å². The lowest BCUT2D eigenvalue weighted by atomic mass is 9.91. The Hall–Kier alpha value is -0.590. The third-order valence-electron chi connectivity index (χ3n) is 4.93. The molecule has 2 aliphatic rings. The molecule has 1 saturated carbocycles. The number of hydrogen-bond acceptors (Lipinski definition) is 3. The first kappa shape index (κ1) is 14.8. The molecule has 2 rings (SSSR count). The minimum atomic E-state index is -0.276. The fourth-order valence-electron chi connectivity index (χ4n) is 4.09. The first-order valence-corrected chi connectivity index (χ1v) is 7.90.